The third-order valence-electron chi connectivity index (χ3n) is 3.55. The number of likely N-dealkylation sites (N-methyl/N-ethyl adjacent to an activating group) is 1. The molecule has 4 nitrogen and oxygen atoms in total. The van der Waals surface area contributed by atoms with Crippen molar-refractivity contribution in [2.45, 2.75) is 45.3 Å². The van der Waals surface area contributed by atoms with Crippen molar-refractivity contribution in [2.24, 2.45) is 7.05 Å². The Bertz CT molecular complexity index is 331. The average Bonchev–Trinajstić information content (AvgIpc) is 2.73. The topological polar surface area (TPSA) is 39.1 Å². The van der Waals surface area contributed by atoms with E-state index in [0.29, 0.717) is 6.04 Å². The number of nitrogens with zero attached hydrogens (tertiary/aromatic N) is 2. The van der Waals surface area contributed by atoms with Crippen molar-refractivity contribution in [1.82, 2.24) is 15.1 Å². The van der Waals surface area contributed by atoms with Crippen molar-refractivity contribution in [1.29, 1.82) is 0 Å². The molecule has 2 unspecified atom stereocenters. The molecule has 0 aromatic carbocycles. The van der Waals surface area contributed by atoms with Gasteiger partial charge in [0.15, 0.2) is 0 Å². The summed E-state index contributed by atoms with van der Waals surface area (Å²) in [5.74, 6) is 0. The first-order chi connectivity index (χ1) is 8.05. The van der Waals surface area contributed by atoms with Crippen LogP contribution >= 0.6 is 0 Å². The second kappa shape index (κ2) is 6.17. The summed E-state index contributed by atoms with van der Waals surface area (Å²) in [6, 6.07) is 0.312. The Hall–Kier alpha value is -0.870. The van der Waals surface area contributed by atoms with E-state index in [9.17, 15) is 0 Å². The lowest BCUT2D eigenvalue weighted by atomic mass is 9.89. The zero-order chi connectivity index (χ0) is 12.9. The van der Waals surface area contributed by atoms with E-state index in [1.165, 1.54) is 5.56 Å². The first-order valence-electron chi connectivity index (χ1n) is 6.31. The Morgan fingerprint density at radius 1 is 1.53 bits per heavy atom. The zero-order valence-electron chi connectivity index (χ0n) is 11.7. The van der Waals surface area contributed by atoms with Gasteiger partial charge in [0, 0.05) is 26.4 Å². The maximum atomic E-state index is 5.69. The van der Waals surface area contributed by atoms with E-state index >= 15 is 0 Å². The van der Waals surface area contributed by atoms with Gasteiger partial charge in [0.1, 0.15) is 0 Å². The number of aromatic nitrogens is 2. The molecule has 17 heavy (non-hydrogen) atoms. The number of hydrogen-bond acceptors (Lipinski definition) is 3. The van der Waals surface area contributed by atoms with E-state index in [-0.39, 0.29) is 5.60 Å². The van der Waals surface area contributed by atoms with Crippen LogP contribution in [0.15, 0.2) is 12.4 Å². The number of nitrogens with one attached hydrogen (secondary N) is 1. The fourth-order valence-electron chi connectivity index (χ4n) is 2.10. The molecule has 1 rings (SSSR count). The lowest BCUT2D eigenvalue weighted by Crippen LogP contribution is -2.51. The van der Waals surface area contributed by atoms with Crippen LogP contribution < -0.4 is 5.32 Å². The van der Waals surface area contributed by atoms with E-state index < -0.39 is 0 Å². The molecule has 0 saturated carbocycles. The maximum absolute atomic E-state index is 5.69. The minimum absolute atomic E-state index is 0.133. The molecule has 0 aliphatic heterocycles. The van der Waals surface area contributed by atoms with E-state index in [2.05, 4.69) is 37.4 Å². The Morgan fingerprint density at radius 2 is 2.24 bits per heavy atom. The number of aryl methyl sites for hydroxylation is 1. The molecule has 0 fully saturated rings. The minimum atomic E-state index is -0.133. The minimum Gasteiger partial charge on any atom is -0.377 e. The SMILES string of the molecule is CCNC(Cc1cnn(C)c1)C(C)(CC)OC. The summed E-state index contributed by atoms with van der Waals surface area (Å²) in [5.41, 5.74) is 1.11. The first kappa shape index (κ1) is 14.2. The molecule has 4 heteroatoms. The third-order valence-corrected chi connectivity index (χ3v) is 3.55. The quantitative estimate of drug-likeness (QED) is 0.788. The van der Waals surface area contributed by atoms with Gasteiger partial charge in [-0.1, -0.05) is 13.8 Å². The number of hydrogen-bond donors (Lipinski definition) is 1. The predicted molar refractivity (Wildman–Crippen MR) is 70.1 cm³/mol. The van der Waals surface area contributed by atoms with Gasteiger partial charge in [-0.3, -0.25) is 4.68 Å². The van der Waals surface area contributed by atoms with Crippen LogP contribution in [0.4, 0.5) is 0 Å². The number of ether oxygens (including phenoxy) is 1. The summed E-state index contributed by atoms with van der Waals surface area (Å²) < 4.78 is 7.53. The molecule has 0 amide bonds. The molecule has 2 atom stereocenters. The molecule has 1 aromatic heterocycles. The van der Waals surface area contributed by atoms with Crippen molar-refractivity contribution in [3.8, 4) is 0 Å². The van der Waals surface area contributed by atoms with E-state index in [0.717, 1.165) is 19.4 Å². The average molecular weight is 239 g/mol. The van der Waals surface area contributed by atoms with Crippen LogP contribution in [0.2, 0.25) is 0 Å². The van der Waals surface area contributed by atoms with Gasteiger partial charge in [-0.25, -0.2) is 0 Å². The highest BCUT2D eigenvalue weighted by molar-refractivity contribution is 5.08. The third kappa shape index (κ3) is 3.54. The number of methoxy groups -OCH3 is 1. The summed E-state index contributed by atoms with van der Waals surface area (Å²) >= 11 is 0. The lowest BCUT2D eigenvalue weighted by molar-refractivity contribution is -0.0283. The molecule has 0 spiro atoms. The fraction of sp³-hybridized carbons (Fsp3) is 0.769. The van der Waals surface area contributed by atoms with Crippen LogP contribution in [0.3, 0.4) is 0 Å². The molecule has 1 heterocycles. The summed E-state index contributed by atoms with van der Waals surface area (Å²) in [5, 5.41) is 7.73. The predicted octanol–water partition coefficient (Wildman–Crippen LogP) is 1.76. The van der Waals surface area contributed by atoms with Crippen LogP contribution in [0, 0.1) is 0 Å². The van der Waals surface area contributed by atoms with E-state index in [1.807, 2.05) is 17.9 Å². The highest BCUT2D eigenvalue weighted by Crippen LogP contribution is 2.22. The molecule has 1 aromatic rings. The van der Waals surface area contributed by atoms with Crippen molar-refractivity contribution in [3.63, 3.8) is 0 Å². The van der Waals surface area contributed by atoms with Crippen molar-refractivity contribution < 1.29 is 4.74 Å². The maximum Gasteiger partial charge on any atom is 0.0803 e. The van der Waals surface area contributed by atoms with Crippen LogP contribution in [0.5, 0.6) is 0 Å². The Balaban J connectivity index is 2.78. The van der Waals surface area contributed by atoms with Crippen LogP contribution in [-0.4, -0.2) is 35.1 Å². The van der Waals surface area contributed by atoms with Gasteiger partial charge < -0.3 is 10.1 Å². The molecular formula is C13H25N3O. The monoisotopic (exact) mass is 239 g/mol. The summed E-state index contributed by atoms with van der Waals surface area (Å²) in [7, 11) is 3.73. The lowest BCUT2D eigenvalue weighted by Gasteiger charge is -2.36. The first-order valence-corrected chi connectivity index (χ1v) is 6.31. The van der Waals surface area contributed by atoms with Crippen molar-refractivity contribution in [3.05, 3.63) is 18.0 Å². The molecule has 0 saturated heterocycles. The van der Waals surface area contributed by atoms with Crippen LogP contribution in [0.1, 0.15) is 32.8 Å². The normalized spacial score (nSPS) is 16.8. The Kier molecular flexibility index (Phi) is 5.15. The molecule has 0 bridgehead atoms. The summed E-state index contributed by atoms with van der Waals surface area (Å²) in [6.45, 7) is 7.40. The van der Waals surface area contributed by atoms with Crippen LogP contribution in [0.25, 0.3) is 0 Å². The molecule has 1 N–H and O–H groups in total. The highest BCUT2D eigenvalue weighted by atomic mass is 16.5. The second-order valence-corrected chi connectivity index (χ2v) is 4.71. The Morgan fingerprint density at radius 3 is 2.65 bits per heavy atom. The smallest absolute Gasteiger partial charge is 0.0803 e. The van der Waals surface area contributed by atoms with Gasteiger partial charge in [-0.15, -0.1) is 0 Å². The van der Waals surface area contributed by atoms with Crippen molar-refractivity contribution in [2.75, 3.05) is 13.7 Å². The van der Waals surface area contributed by atoms with E-state index in [1.54, 1.807) is 7.11 Å². The van der Waals surface area contributed by atoms with Gasteiger partial charge in [0.05, 0.1) is 11.8 Å². The molecule has 0 aliphatic rings. The fourth-order valence-corrected chi connectivity index (χ4v) is 2.10. The van der Waals surface area contributed by atoms with Gasteiger partial charge in [-0.05, 0) is 31.9 Å². The zero-order valence-corrected chi connectivity index (χ0v) is 11.7. The largest absolute Gasteiger partial charge is 0.377 e. The molecule has 98 valence electrons. The van der Waals surface area contributed by atoms with Gasteiger partial charge in [0.2, 0.25) is 0 Å². The highest BCUT2D eigenvalue weighted by Gasteiger charge is 2.32. The molecular weight excluding hydrogens is 214 g/mol. The summed E-state index contributed by atoms with van der Waals surface area (Å²) in [6.07, 6.45) is 5.92. The number of rotatable bonds is 7. The van der Waals surface area contributed by atoms with Crippen molar-refractivity contribution >= 4 is 0 Å². The Labute approximate surface area is 104 Å². The van der Waals surface area contributed by atoms with Gasteiger partial charge >= 0.3 is 0 Å². The molecule has 0 aliphatic carbocycles. The second-order valence-electron chi connectivity index (χ2n) is 4.71. The van der Waals surface area contributed by atoms with E-state index in [4.69, 9.17) is 4.74 Å². The van der Waals surface area contributed by atoms with Crippen LogP contribution in [-0.2, 0) is 18.2 Å². The van der Waals surface area contributed by atoms with Gasteiger partial charge in [-0.2, -0.15) is 5.10 Å². The summed E-state index contributed by atoms with van der Waals surface area (Å²) in [4.78, 5) is 0. The van der Waals surface area contributed by atoms with Gasteiger partial charge in [0.25, 0.3) is 0 Å². The standard InChI is InChI=1S/C13H25N3O/c1-6-13(3,17-5)12(14-7-2)8-11-9-15-16(4)10-11/h9-10,12,14H,6-8H2,1-5H3. The molecule has 0 radical (unpaired) electrons.